The lowest BCUT2D eigenvalue weighted by atomic mass is 10.1. The van der Waals surface area contributed by atoms with Gasteiger partial charge >= 0.3 is 0 Å². The van der Waals surface area contributed by atoms with Crippen molar-refractivity contribution in [3.63, 3.8) is 0 Å². The van der Waals surface area contributed by atoms with Crippen LogP contribution in [0.3, 0.4) is 0 Å². The predicted molar refractivity (Wildman–Crippen MR) is 118 cm³/mol. The van der Waals surface area contributed by atoms with E-state index in [1.54, 1.807) is 24.3 Å². The van der Waals surface area contributed by atoms with Crippen molar-refractivity contribution < 1.29 is 4.79 Å². The summed E-state index contributed by atoms with van der Waals surface area (Å²) in [6.45, 7) is 4.12. The highest BCUT2D eigenvalue weighted by atomic mass is 35.5. The number of allylic oxidation sites excluding steroid dienone is 2. The normalized spacial score (nSPS) is 10.6. The molecule has 0 atom stereocenters. The lowest BCUT2D eigenvalue weighted by molar-refractivity contribution is -0.113. The van der Waals surface area contributed by atoms with E-state index in [4.69, 9.17) is 23.2 Å². The van der Waals surface area contributed by atoms with Gasteiger partial charge in [-0.05, 0) is 60.5 Å². The zero-order chi connectivity index (χ0) is 20.8. The Morgan fingerprint density at radius 2 is 1.97 bits per heavy atom. The minimum atomic E-state index is -0.208. The van der Waals surface area contributed by atoms with Crippen LogP contribution in [0, 0.1) is 0 Å². The fraction of sp³-hybridized carbons (Fsp3) is 0.200. The number of hydrogen-bond acceptors (Lipinski definition) is 5. The number of nitrogens with zero attached hydrogens (tertiary/aromatic N) is 4. The topological polar surface area (TPSA) is 72.7 Å². The molecule has 0 aliphatic carbocycles. The van der Waals surface area contributed by atoms with Gasteiger partial charge in [0.2, 0.25) is 11.1 Å². The van der Waals surface area contributed by atoms with Crippen molar-refractivity contribution in [3.05, 3.63) is 69.7 Å². The van der Waals surface area contributed by atoms with E-state index in [0.717, 1.165) is 12.0 Å². The zero-order valence-corrected chi connectivity index (χ0v) is 18.2. The molecule has 2 aromatic carbocycles. The van der Waals surface area contributed by atoms with Crippen molar-refractivity contribution in [1.29, 1.82) is 0 Å². The molecule has 1 N–H and O–H groups in total. The summed E-state index contributed by atoms with van der Waals surface area (Å²) in [4.78, 5) is 12.2. The fourth-order valence-corrected chi connectivity index (χ4v) is 3.62. The third kappa shape index (κ3) is 5.82. The van der Waals surface area contributed by atoms with Gasteiger partial charge in [-0.1, -0.05) is 64.8 Å². The number of tetrazole rings is 1. The van der Waals surface area contributed by atoms with Gasteiger partial charge in [0.1, 0.15) is 0 Å². The number of halogens is 2. The second kappa shape index (κ2) is 9.91. The first-order chi connectivity index (χ1) is 13.9. The van der Waals surface area contributed by atoms with E-state index < -0.39 is 0 Å². The van der Waals surface area contributed by atoms with Crippen LogP contribution in [0.5, 0.6) is 0 Å². The number of amides is 1. The van der Waals surface area contributed by atoms with Crippen molar-refractivity contribution in [1.82, 2.24) is 20.2 Å². The highest BCUT2D eigenvalue weighted by molar-refractivity contribution is 7.99. The van der Waals surface area contributed by atoms with E-state index in [-0.39, 0.29) is 11.7 Å². The zero-order valence-electron chi connectivity index (χ0n) is 15.9. The number of thioether (sulfide) groups is 1. The molecule has 3 aromatic rings. The molecule has 0 spiro atoms. The standard InChI is InChI=1S/C20H19Cl2N5OS/c1-13(2)7-8-14-9-10-18(16(22)11-14)27-20(24-25-26-27)29-12-19(28)23-17-6-4-3-5-15(17)21/h3-7,9-11H,8,12H2,1-2H3,(H,23,28). The van der Waals surface area contributed by atoms with Crippen molar-refractivity contribution in [3.8, 4) is 5.69 Å². The molecule has 3 rings (SSSR count). The Morgan fingerprint density at radius 3 is 2.69 bits per heavy atom. The van der Waals surface area contributed by atoms with Gasteiger partial charge in [-0.25, -0.2) is 0 Å². The highest BCUT2D eigenvalue weighted by Crippen LogP contribution is 2.26. The Morgan fingerprint density at radius 1 is 1.17 bits per heavy atom. The van der Waals surface area contributed by atoms with Gasteiger partial charge in [0.25, 0.3) is 0 Å². The summed E-state index contributed by atoms with van der Waals surface area (Å²) >= 11 is 13.7. The summed E-state index contributed by atoms with van der Waals surface area (Å²) in [5.41, 5.74) is 3.57. The van der Waals surface area contributed by atoms with E-state index in [9.17, 15) is 4.79 Å². The van der Waals surface area contributed by atoms with E-state index in [2.05, 4.69) is 40.8 Å². The van der Waals surface area contributed by atoms with Gasteiger partial charge in [0.05, 0.1) is 27.2 Å². The van der Waals surface area contributed by atoms with Crippen molar-refractivity contribution in [2.45, 2.75) is 25.4 Å². The summed E-state index contributed by atoms with van der Waals surface area (Å²) in [6, 6.07) is 12.8. The Bertz CT molecular complexity index is 1050. The first kappa shape index (κ1) is 21.4. The first-order valence-corrected chi connectivity index (χ1v) is 10.6. The lowest BCUT2D eigenvalue weighted by Crippen LogP contribution is -2.15. The van der Waals surface area contributed by atoms with Crippen LogP contribution in [0.25, 0.3) is 5.69 Å². The van der Waals surface area contributed by atoms with Crippen LogP contribution in [0.1, 0.15) is 19.4 Å². The Labute approximate surface area is 183 Å². The summed E-state index contributed by atoms with van der Waals surface area (Å²) < 4.78 is 1.53. The second-order valence-corrected chi connectivity index (χ2v) is 8.22. The van der Waals surface area contributed by atoms with Gasteiger partial charge < -0.3 is 5.32 Å². The van der Waals surface area contributed by atoms with Gasteiger partial charge in [0.15, 0.2) is 0 Å². The smallest absolute Gasteiger partial charge is 0.234 e. The molecule has 6 nitrogen and oxygen atoms in total. The quantitative estimate of drug-likeness (QED) is 0.397. The number of aromatic nitrogens is 4. The van der Waals surface area contributed by atoms with Gasteiger partial charge in [0, 0.05) is 0 Å². The molecular formula is C20H19Cl2N5OS. The minimum absolute atomic E-state index is 0.127. The number of rotatable bonds is 7. The Balaban J connectivity index is 1.68. The van der Waals surface area contributed by atoms with E-state index >= 15 is 0 Å². The van der Waals surface area contributed by atoms with Crippen LogP contribution in [-0.2, 0) is 11.2 Å². The second-order valence-electron chi connectivity index (χ2n) is 6.46. The van der Waals surface area contributed by atoms with Crippen LogP contribution >= 0.6 is 35.0 Å². The van der Waals surface area contributed by atoms with Crippen molar-refractivity contribution in [2.24, 2.45) is 0 Å². The SMILES string of the molecule is CC(C)=CCc1ccc(-n2nnnc2SCC(=O)Nc2ccccc2Cl)c(Cl)c1. The molecule has 1 amide bonds. The van der Waals surface area contributed by atoms with Crippen LogP contribution in [0.2, 0.25) is 10.0 Å². The van der Waals surface area contributed by atoms with Crippen molar-refractivity contribution >= 4 is 46.6 Å². The van der Waals surface area contributed by atoms with Gasteiger partial charge in [-0.2, -0.15) is 4.68 Å². The molecule has 0 saturated heterocycles. The maximum Gasteiger partial charge on any atom is 0.234 e. The molecule has 0 radical (unpaired) electrons. The molecule has 29 heavy (non-hydrogen) atoms. The number of nitrogens with one attached hydrogen (secondary N) is 1. The van der Waals surface area contributed by atoms with Crippen LogP contribution in [0.4, 0.5) is 5.69 Å². The number of carbonyl (C=O) groups excluding carboxylic acids is 1. The summed E-state index contributed by atoms with van der Waals surface area (Å²) in [6.07, 6.45) is 2.95. The molecule has 0 aliphatic rings. The summed E-state index contributed by atoms with van der Waals surface area (Å²) in [5.74, 6) is -0.0807. The van der Waals surface area contributed by atoms with Gasteiger partial charge in [-0.3, -0.25) is 4.79 Å². The number of benzene rings is 2. The Hall–Kier alpha value is -2.35. The van der Waals surface area contributed by atoms with E-state index in [1.807, 2.05) is 18.2 Å². The van der Waals surface area contributed by atoms with Crippen molar-refractivity contribution in [2.75, 3.05) is 11.1 Å². The van der Waals surface area contributed by atoms with E-state index in [1.165, 1.54) is 22.0 Å². The summed E-state index contributed by atoms with van der Waals surface area (Å²) in [7, 11) is 0. The average molecular weight is 448 g/mol. The number of hydrogen-bond donors (Lipinski definition) is 1. The fourth-order valence-electron chi connectivity index (χ4n) is 2.47. The highest BCUT2D eigenvalue weighted by Gasteiger charge is 2.14. The van der Waals surface area contributed by atoms with E-state index in [0.29, 0.717) is 26.6 Å². The number of anilines is 1. The Kier molecular flexibility index (Phi) is 7.30. The molecule has 9 heteroatoms. The molecular weight excluding hydrogens is 429 g/mol. The molecule has 0 bridgehead atoms. The first-order valence-electron chi connectivity index (χ1n) is 8.82. The molecule has 0 unspecified atom stereocenters. The molecule has 0 aliphatic heterocycles. The number of para-hydroxylation sites is 1. The molecule has 0 saturated carbocycles. The monoisotopic (exact) mass is 447 g/mol. The maximum absolute atomic E-state index is 12.2. The maximum atomic E-state index is 12.2. The van der Waals surface area contributed by atoms with Crippen LogP contribution in [0.15, 0.2) is 59.3 Å². The number of carbonyl (C=O) groups is 1. The third-order valence-corrected chi connectivity index (χ3v) is 5.46. The van der Waals surface area contributed by atoms with Crippen LogP contribution < -0.4 is 5.32 Å². The van der Waals surface area contributed by atoms with Gasteiger partial charge in [-0.15, -0.1) is 5.10 Å². The minimum Gasteiger partial charge on any atom is -0.324 e. The lowest BCUT2D eigenvalue weighted by Gasteiger charge is -2.09. The molecule has 1 aromatic heterocycles. The third-order valence-electron chi connectivity index (χ3n) is 3.91. The largest absolute Gasteiger partial charge is 0.324 e. The average Bonchev–Trinajstić information content (AvgIpc) is 3.15. The molecule has 150 valence electrons. The predicted octanol–water partition coefficient (Wildman–Crippen LogP) is 5.21. The molecule has 1 heterocycles. The summed E-state index contributed by atoms with van der Waals surface area (Å²) in [5, 5.41) is 16.0. The molecule has 0 fully saturated rings. The van der Waals surface area contributed by atoms with Crippen LogP contribution in [-0.4, -0.2) is 31.9 Å².